The van der Waals surface area contributed by atoms with E-state index in [0.29, 0.717) is 6.54 Å². The van der Waals surface area contributed by atoms with Crippen LogP contribution in [-0.2, 0) is 6.54 Å². The number of hydrogen-bond acceptors (Lipinski definition) is 6. The number of rotatable bonds is 4. The molecule has 0 amide bonds. The molecular weight excluding hydrogens is 320 g/mol. The van der Waals surface area contributed by atoms with Gasteiger partial charge < -0.3 is 4.90 Å². The normalized spacial score (nSPS) is 11.1. The summed E-state index contributed by atoms with van der Waals surface area (Å²) in [7, 11) is 2.01. The Morgan fingerprint density at radius 1 is 1.17 bits per heavy atom. The van der Waals surface area contributed by atoms with Crippen LogP contribution in [-0.4, -0.2) is 31.8 Å². The predicted octanol–water partition coefficient (Wildman–Crippen LogP) is 3.22. The van der Waals surface area contributed by atoms with E-state index in [9.17, 15) is 0 Å². The van der Waals surface area contributed by atoms with Gasteiger partial charge in [0.2, 0.25) is 0 Å². The zero-order chi connectivity index (χ0) is 16.5. The standard InChI is InChI=1S/C17H16N6S/c1-12-21-13(10-24-12)9-22(2)16-15-8-20-23(17(15)19-11-18-16)14-6-4-3-5-7-14/h3-8,10-11H,9H2,1-2H3. The molecule has 120 valence electrons. The third-order valence-corrected chi connectivity index (χ3v) is 4.60. The highest BCUT2D eigenvalue weighted by Crippen LogP contribution is 2.25. The molecule has 4 aromatic rings. The molecule has 0 saturated carbocycles. The summed E-state index contributed by atoms with van der Waals surface area (Å²) in [5.41, 5.74) is 2.82. The van der Waals surface area contributed by atoms with Crippen molar-refractivity contribution in [2.24, 2.45) is 0 Å². The van der Waals surface area contributed by atoms with E-state index in [4.69, 9.17) is 0 Å². The topological polar surface area (TPSA) is 59.7 Å². The molecule has 4 rings (SSSR count). The molecule has 0 aliphatic carbocycles. The molecule has 0 spiro atoms. The van der Waals surface area contributed by atoms with Crippen LogP contribution in [0.1, 0.15) is 10.7 Å². The average Bonchev–Trinajstić information content (AvgIpc) is 3.21. The Morgan fingerprint density at radius 3 is 2.75 bits per heavy atom. The Bertz CT molecular complexity index is 975. The summed E-state index contributed by atoms with van der Waals surface area (Å²) >= 11 is 1.66. The van der Waals surface area contributed by atoms with Crippen LogP contribution < -0.4 is 4.90 Å². The third kappa shape index (κ3) is 2.63. The minimum Gasteiger partial charge on any atom is -0.353 e. The summed E-state index contributed by atoms with van der Waals surface area (Å²) in [6.07, 6.45) is 3.40. The van der Waals surface area contributed by atoms with Crippen molar-refractivity contribution < 1.29 is 0 Å². The molecule has 7 heteroatoms. The predicted molar refractivity (Wildman–Crippen MR) is 95.6 cm³/mol. The van der Waals surface area contributed by atoms with Gasteiger partial charge in [-0.2, -0.15) is 5.10 Å². The highest BCUT2D eigenvalue weighted by molar-refractivity contribution is 7.09. The molecule has 3 heterocycles. The van der Waals surface area contributed by atoms with Gasteiger partial charge in [-0.15, -0.1) is 11.3 Å². The average molecular weight is 336 g/mol. The summed E-state index contributed by atoms with van der Waals surface area (Å²) in [5, 5.41) is 8.57. The monoisotopic (exact) mass is 336 g/mol. The van der Waals surface area contributed by atoms with E-state index in [1.807, 2.05) is 55.2 Å². The van der Waals surface area contributed by atoms with Gasteiger partial charge in [0, 0.05) is 12.4 Å². The van der Waals surface area contributed by atoms with Gasteiger partial charge >= 0.3 is 0 Å². The van der Waals surface area contributed by atoms with E-state index in [0.717, 1.165) is 33.2 Å². The smallest absolute Gasteiger partial charge is 0.168 e. The van der Waals surface area contributed by atoms with Crippen LogP contribution in [0.25, 0.3) is 16.7 Å². The largest absolute Gasteiger partial charge is 0.353 e. The van der Waals surface area contributed by atoms with E-state index < -0.39 is 0 Å². The maximum absolute atomic E-state index is 4.52. The molecule has 0 fully saturated rings. The van der Waals surface area contributed by atoms with E-state index in [1.165, 1.54) is 0 Å². The SMILES string of the molecule is Cc1nc(CN(C)c2ncnc3c2cnn3-c2ccccc2)cs1. The second kappa shape index (κ2) is 6.01. The van der Waals surface area contributed by atoms with Gasteiger partial charge in [-0.1, -0.05) is 18.2 Å². The summed E-state index contributed by atoms with van der Waals surface area (Å²) in [4.78, 5) is 15.5. The number of anilines is 1. The molecule has 0 atom stereocenters. The molecule has 3 aromatic heterocycles. The number of aryl methyl sites for hydroxylation is 1. The maximum atomic E-state index is 4.52. The molecule has 0 bridgehead atoms. The number of para-hydroxylation sites is 1. The molecule has 0 radical (unpaired) electrons. The van der Waals surface area contributed by atoms with Crippen LogP contribution in [0.3, 0.4) is 0 Å². The second-order valence-corrected chi connectivity index (χ2v) is 6.60. The lowest BCUT2D eigenvalue weighted by molar-refractivity contribution is 0.869. The molecular formula is C17H16N6S. The van der Waals surface area contributed by atoms with Crippen molar-refractivity contribution >= 4 is 28.2 Å². The van der Waals surface area contributed by atoms with Crippen LogP contribution in [0.15, 0.2) is 48.2 Å². The number of fused-ring (bicyclic) bond motifs is 1. The van der Waals surface area contributed by atoms with E-state index in [1.54, 1.807) is 17.7 Å². The molecule has 0 aliphatic heterocycles. The minimum absolute atomic E-state index is 0.701. The highest BCUT2D eigenvalue weighted by Gasteiger charge is 2.14. The first-order valence-electron chi connectivity index (χ1n) is 7.58. The van der Waals surface area contributed by atoms with Crippen molar-refractivity contribution in [2.75, 3.05) is 11.9 Å². The van der Waals surface area contributed by atoms with Gasteiger partial charge in [0.1, 0.15) is 12.1 Å². The fraction of sp³-hybridized carbons (Fsp3) is 0.176. The first kappa shape index (κ1) is 14.8. The lowest BCUT2D eigenvalue weighted by Gasteiger charge is -2.17. The van der Waals surface area contributed by atoms with Gasteiger partial charge in [-0.25, -0.2) is 19.6 Å². The van der Waals surface area contributed by atoms with Crippen molar-refractivity contribution in [2.45, 2.75) is 13.5 Å². The van der Waals surface area contributed by atoms with Crippen molar-refractivity contribution in [1.29, 1.82) is 0 Å². The minimum atomic E-state index is 0.701. The number of thiazole rings is 1. The summed E-state index contributed by atoms with van der Waals surface area (Å²) < 4.78 is 1.83. The lowest BCUT2D eigenvalue weighted by Crippen LogP contribution is -2.18. The second-order valence-electron chi connectivity index (χ2n) is 5.54. The van der Waals surface area contributed by atoms with Crippen LogP contribution in [0, 0.1) is 6.92 Å². The lowest BCUT2D eigenvalue weighted by atomic mass is 10.3. The number of nitrogens with zero attached hydrogens (tertiary/aromatic N) is 6. The fourth-order valence-electron chi connectivity index (χ4n) is 2.69. The van der Waals surface area contributed by atoms with Gasteiger partial charge in [0.15, 0.2) is 5.65 Å². The van der Waals surface area contributed by atoms with Gasteiger partial charge in [0.05, 0.1) is 34.5 Å². The Balaban J connectivity index is 1.73. The number of benzene rings is 1. The van der Waals surface area contributed by atoms with Gasteiger partial charge in [-0.05, 0) is 19.1 Å². The van der Waals surface area contributed by atoms with Crippen molar-refractivity contribution in [3.8, 4) is 5.69 Å². The Labute approximate surface area is 143 Å². The Morgan fingerprint density at radius 2 is 2.00 bits per heavy atom. The van der Waals surface area contributed by atoms with Gasteiger partial charge in [0.25, 0.3) is 0 Å². The van der Waals surface area contributed by atoms with Crippen molar-refractivity contribution in [1.82, 2.24) is 24.7 Å². The fourth-order valence-corrected chi connectivity index (χ4v) is 3.30. The first-order chi connectivity index (χ1) is 11.7. The van der Waals surface area contributed by atoms with Crippen LogP contribution >= 0.6 is 11.3 Å². The molecule has 24 heavy (non-hydrogen) atoms. The molecule has 0 aliphatic rings. The van der Waals surface area contributed by atoms with Gasteiger partial charge in [-0.3, -0.25) is 0 Å². The van der Waals surface area contributed by atoms with E-state index in [-0.39, 0.29) is 0 Å². The summed E-state index contributed by atoms with van der Waals surface area (Å²) in [5.74, 6) is 0.854. The third-order valence-electron chi connectivity index (χ3n) is 3.77. The number of aromatic nitrogens is 5. The van der Waals surface area contributed by atoms with Crippen molar-refractivity contribution in [3.63, 3.8) is 0 Å². The van der Waals surface area contributed by atoms with Crippen LogP contribution in [0.5, 0.6) is 0 Å². The van der Waals surface area contributed by atoms with Crippen LogP contribution in [0.2, 0.25) is 0 Å². The van der Waals surface area contributed by atoms with E-state index >= 15 is 0 Å². The summed E-state index contributed by atoms with van der Waals surface area (Å²) in [6.45, 7) is 2.72. The molecule has 1 aromatic carbocycles. The summed E-state index contributed by atoms with van der Waals surface area (Å²) in [6, 6.07) is 9.98. The Kier molecular flexibility index (Phi) is 3.70. The first-order valence-corrected chi connectivity index (χ1v) is 8.46. The zero-order valence-corrected chi connectivity index (χ0v) is 14.2. The quantitative estimate of drug-likeness (QED) is 0.573. The Hall–Kier alpha value is -2.80. The number of hydrogen-bond donors (Lipinski definition) is 0. The van der Waals surface area contributed by atoms with Crippen LogP contribution in [0.4, 0.5) is 5.82 Å². The van der Waals surface area contributed by atoms with Crippen molar-refractivity contribution in [3.05, 3.63) is 58.9 Å². The maximum Gasteiger partial charge on any atom is 0.168 e. The highest BCUT2D eigenvalue weighted by atomic mass is 32.1. The van der Waals surface area contributed by atoms with E-state index in [2.05, 4.69) is 30.3 Å². The molecule has 6 nitrogen and oxygen atoms in total. The zero-order valence-electron chi connectivity index (χ0n) is 13.4. The molecule has 0 unspecified atom stereocenters. The molecule has 0 saturated heterocycles. The molecule has 0 N–H and O–H groups in total.